The number of hydrogen-bond acceptors (Lipinski definition) is 4. The lowest BCUT2D eigenvalue weighted by molar-refractivity contribution is -0.122. The van der Waals surface area contributed by atoms with Crippen LogP contribution in [0.2, 0.25) is 0 Å². The van der Waals surface area contributed by atoms with E-state index in [1.165, 1.54) is 6.33 Å². The van der Waals surface area contributed by atoms with Crippen LogP contribution in [0.1, 0.15) is 12.0 Å². The number of carbonyl (C=O) groups is 2. The van der Waals surface area contributed by atoms with Gasteiger partial charge in [-0.1, -0.05) is 54.6 Å². The van der Waals surface area contributed by atoms with E-state index in [2.05, 4.69) is 15.4 Å². The number of benzene rings is 3. The Kier molecular flexibility index (Phi) is 4.92. The molecule has 1 N–H and O–H groups in total. The molecule has 1 aliphatic heterocycles. The minimum absolute atomic E-state index is 0.0348. The molecule has 7 nitrogen and oxygen atoms in total. The van der Waals surface area contributed by atoms with Gasteiger partial charge in [-0.15, -0.1) is 0 Å². The quantitative estimate of drug-likeness (QED) is 0.545. The van der Waals surface area contributed by atoms with E-state index in [1.807, 2.05) is 66.7 Å². The molecule has 0 saturated carbocycles. The van der Waals surface area contributed by atoms with Gasteiger partial charge in [0.2, 0.25) is 11.8 Å². The standard InChI is InChI=1S/C24H21N5O2/c30-23-12-19(14-29(23)22-11-5-8-17-6-1-3-9-20(17)22)24(31)27-21-10-4-2-7-18(21)13-28-16-25-15-26-28/h1-11,15-16,19H,12-14H2,(H,27,31)/t19-/m1/s1. The second kappa shape index (κ2) is 8.02. The Morgan fingerprint density at radius 3 is 2.71 bits per heavy atom. The summed E-state index contributed by atoms with van der Waals surface area (Å²) in [6.07, 6.45) is 3.31. The summed E-state index contributed by atoms with van der Waals surface area (Å²) in [5.74, 6) is -0.597. The number of anilines is 2. The van der Waals surface area contributed by atoms with Crippen LogP contribution >= 0.6 is 0 Å². The van der Waals surface area contributed by atoms with E-state index < -0.39 is 5.92 Å². The van der Waals surface area contributed by atoms with Crippen LogP contribution < -0.4 is 10.2 Å². The number of fused-ring (bicyclic) bond motifs is 1. The molecular weight excluding hydrogens is 390 g/mol. The number of nitrogens with zero attached hydrogens (tertiary/aromatic N) is 4. The monoisotopic (exact) mass is 411 g/mol. The smallest absolute Gasteiger partial charge is 0.229 e. The van der Waals surface area contributed by atoms with Gasteiger partial charge in [-0.05, 0) is 23.1 Å². The summed E-state index contributed by atoms with van der Waals surface area (Å²) in [5, 5.41) is 9.23. The van der Waals surface area contributed by atoms with Crippen molar-refractivity contribution in [2.45, 2.75) is 13.0 Å². The number of hydrogen-bond donors (Lipinski definition) is 1. The highest BCUT2D eigenvalue weighted by Gasteiger charge is 2.35. The first-order valence-electron chi connectivity index (χ1n) is 10.2. The third kappa shape index (κ3) is 3.77. The van der Waals surface area contributed by atoms with Crippen LogP contribution in [0.5, 0.6) is 0 Å². The Hall–Kier alpha value is -4.00. The first-order valence-corrected chi connectivity index (χ1v) is 10.2. The van der Waals surface area contributed by atoms with Crippen LogP contribution in [0.25, 0.3) is 10.8 Å². The minimum Gasteiger partial charge on any atom is -0.325 e. The number of amides is 2. The lowest BCUT2D eigenvalue weighted by Gasteiger charge is -2.19. The number of rotatable bonds is 5. The molecule has 31 heavy (non-hydrogen) atoms. The Morgan fingerprint density at radius 2 is 1.84 bits per heavy atom. The van der Waals surface area contributed by atoms with Gasteiger partial charge in [0.1, 0.15) is 12.7 Å². The van der Waals surface area contributed by atoms with Crippen LogP contribution in [0.4, 0.5) is 11.4 Å². The average Bonchev–Trinajstić information content (AvgIpc) is 3.44. The third-order valence-corrected chi connectivity index (χ3v) is 5.63. The van der Waals surface area contributed by atoms with Gasteiger partial charge in [-0.3, -0.25) is 9.59 Å². The molecule has 0 bridgehead atoms. The van der Waals surface area contributed by atoms with Gasteiger partial charge >= 0.3 is 0 Å². The van der Waals surface area contributed by atoms with Crippen molar-refractivity contribution in [1.82, 2.24) is 14.8 Å². The minimum atomic E-state index is -0.411. The SMILES string of the molecule is O=C(Nc1ccccc1Cn1cncn1)[C@@H]1CC(=O)N(c2cccc3ccccc23)C1. The number of carbonyl (C=O) groups excluding carboxylic acids is 2. The van der Waals surface area contributed by atoms with Gasteiger partial charge in [0.05, 0.1) is 18.2 Å². The molecule has 1 atom stereocenters. The lowest BCUT2D eigenvalue weighted by atomic mass is 10.1. The van der Waals surface area contributed by atoms with Gasteiger partial charge in [0.25, 0.3) is 0 Å². The van der Waals surface area contributed by atoms with E-state index in [0.29, 0.717) is 13.1 Å². The van der Waals surface area contributed by atoms with E-state index in [1.54, 1.807) is 15.9 Å². The predicted molar refractivity (Wildman–Crippen MR) is 119 cm³/mol. The van der Waals surface area contributed by atoms with Crippen LogP contribution in [-0.4, -0.2) is 33.1 Å². The van der Waals surface area contributed by atoms with E-state index in [-0.39, 0.29) is 18.2 Å². The van der Waals surface area contributed by atoms with Gasteiger partial charge in [0, 0.05) is 24.0 Å². The Balaban J connectivity index is 1.34. The van der Waals surface area contributed by atoms with Crippen molar-refractivity contribution < 1.29 is 9.59 Å². The zero-order valence-corrected chi connectivity index (χ0v) is 16.8. The van der Waals surface area contributed by atoms with Crippen LogP contribution in [0.3, 0.4) is 0 Å². The maximum absolute atomic E-state index is 13.0. The molecule has 4 aromatic rings. The van der Waals surface area contributed by atoms with Crippen molar-refractivity contribution in [3.8, 4) is 0 Å². The molecule has 7 heteroatoms. The zero-order valence-electron chi connectivity index (χ0n) is 16.8. The molecule has 1 aromatic heterocycles. The molecule has 3 aromatic carbocycles. The maximum atomic E-state index is 13.0. The largest absolute Gasteiger partial charge is 0.325 e. The Bertz CT molecular complexity index is 1250. The molecule has 5 rings (SSSR count). The van der Waals surface area contributed by atoms with Gasteiger partial charge in [-0.25, -0.2) is 9.67 Å². The molecule has 1 saturated heterocycles. The van der Waals surface area contributed by atoms with E-state index >= 15 is 0 Å². The highest BCUT2D eigenvalue weighted by molar-refractivity contribution is 6.08. The zero-order chi connectivity index (χ0) is 21.2. The molecular formula is C24H21N5O2. The van der Waals surface area contributed by atoms with Gasteiger partial charge in [0.15, 0.2) is 0 Å². The topological polar surface area (TPSA) is 80.1 Å². The summed E-state index contributed by atoms with van der Waals surface area (Å²) in [7, 11) is 0. The summed E-state index contributed by atoms with van der Waals surface area (Å²) in [6.45, 7) is 0.867. The third-order valence-electron chi connectivity index (χ3n) is 5.63. The van der Waals surface area contributed by atoms with Crippen LogP contribution in [0.15, 0.2) is 79.4 Å². The Morgan fingerprint density at radius 1 is 1.03 bits per heavy atom. The first-order chi connectivity index (χ1) is 15.2. The fourth-order valence-electron chi connectivity index (χ4n) is 4.06. The molecule has 1 fully saturated rings. The Labute approximate surface area is 179 Å². The van der Waals surface area contributed by atoms with Crippen molar-refractivity contribution in [3.63, 3.8) is 0 Å². The fraction of sp³-hybridized carbons (Fsp3) is 0.167. The normalized spacial score (nSPS) is 16.1. The number of nitrogens with one attached hydrogen (secondary N) is 1. The summed E-state index contributed by atoms with van der Waals surface area (Å²) in [5.41, 5.74) is 2.50. The lowest BCUT2D eigenvalue weighted by Crippen LogP contribution is -2.28. The highest BCUT2D eigenvalue weighted by Crippen LogP contribution is 2.32. The second-order valence-corrected chi connectivity index (χ2v) is 7.64. The fourth-order valence-corrected chi connectivity index (χ4v) is 4.06. The molecule has 0 unspecified atom stereocenters. The maximum Gasteiger partial charge on any atom is 0.229 e. The van der Waals surface area contributed by atoms with E-state index in [4.69, 9.17) is 0 Å². The van der Waals surface area contributed by atoms with Gasteiger partial charge in [-0.2, -0.15) is 5.10 Å². The van der Waals surface area contributed by atoms with Gasteiger partial charge < -0.3 is 10.2 Å². The van der Waals surface area contributed by atoms with Crippen LogP contribution in [-0.2, 0) is 16.1 Å². The molecule has 0 spiro atoms. The summed E-state index contributed by atoms with van der Waals surface area (Å²) in [4.78, 5) is 31.5. The molecule has 0 aliphatic carbocycles. The van der Waals surface area contributed by atoms with Crippen molar-refractivity contribution >= 4 is 34.0 Å². The summed E-state index contributed by atoms with van der Waals surface area (Å²) < 4.78 is 1.70. The molecule has 154 valence electrons. The molecule has 2 amide bonds. The summed E-state index contributed by atoms with van der Waals surface area (Å²) in [6, 6.07) is 21.5. The van der Waals surface area contributed by atoms with E-state index in [0.717, 1.165) is 27.7 Å². The molecule has 1 aliphatic rings. The number of para-hydroxylation sites is 1. The van der Waals surface area contributed by atoms with Crippen LogP contribution in [0, 0.1) is 5.92 Å². The van der Waals surface area contributed by atoms with Crippen molar-refractivity contribution in [3.05, 3.63) is 84.9 Å². The van der Waals surface area contributed by atoms with Crippen molar-refractivity contribution in [1.29, 1.82) is 0 Å². The summed E-state index contributed by atoms with van der Waals surface area (Å²) >= 11 is 0. The first kappa shape index (κ1) is 19.0. The highest BCUT2D eigenvalue weighted by atomic mass is 16.2. The molecule has 2 heterocycles. The molecule has 0 radical (unpaired) electrons. The second-order valence-electron chi connectivity index (χ2n) is 7.64. The number of aromatic nitrogens is 3. The van der Waals surface area contributed by atoms with E-state index in [9.17, 15) is 9.59 Å². The average molecular weight is 411 g/mol. The van der Waals surface area contributed by atoms with Crippen molar-refractivity contribution in [2.75, 3.05) is 16.8 Å². The predicted octanol–water partition coefficient (Wildman–Crippen LogP) is 3.47. The van der Waals surface area contributed by atoms with Crippen molar-refractivity contribution in [2.24, 2.45) is 5.92 Å².